The maximum atomic E-state index is 11.7. The zero-order valence-corrected chi connectivity index (χ0v) is 9.85. The van der Waals surface area contributed by atoms with Gasteiger partial charge < -0.3 is 0 Å². The summed E-state index contributed by atoms with van der Waals surface area (Å²) in [6.45, 7) is 0.715. The predicted molar refractivity (Wildman–Crippen MR) is 64.1 cm³/mol. The Morgan fingerprint density at radius 3 is 2.65 bits per heavy atom. The summed E-state index contributed by atoms with van der Waals surface area (Å²) in [6.07, 6.45) is 1.03. The van der Waals surface area contributed by atoms with E-state index in [0.717, 1.165) is 0 Å². The van der Waals surface area contributed by atoms with E-state index in [9.17, 15) is 9.59 Å². The lowest BCUT2D eigenvalue weighted by Gasteiger charge is -2.29. The van der Waals surface area contributed by atoms with E-state index in [0.29, 0.717) is 19.4 Å². The smallest absolute Gasteiger partial charge is 0.243 e. The average molecular weight is 232 g/mol. The van der Waals surface area contributed by atoms with Crippen LogP contribution in [-0.4, -0.2) is 29.8 Å². The molecule has 0 bridgehead atoms. The molecule has 1 fully saturated rings. The number of hydrogen-bond donors (Lipinski definition) is 1. The van der Waals surface area contributed by atoms with E-state index < -0.39 is 0 Å². The molecular formula is C13H16N2O2. The van der Waals surface area contributed by atoms with Gasteiger partial charge in [0.1, 0.15) is 0 Å². The molecule has 4 heteroatoms. The van der Waals surface area contributed by atoms with E-state index in [1.807, 2.05) is 42.3 Å². The van der Waals surface area contributed by atoms with Gasteiger partial charge in [-0.05, 0) is 19.0 Å². The standard InChI is InChI=1S/C13H16N2O2/c1-15(9-10-5-3-2-4-6-10)11-7-8-12(16)14-13(11)17/h2-6,11H,7-9H2,1H3,(H,14,16,17). The summed E-state index contributed by atoms with van der Waals surface area (Å²) in [5.41, 5.74) is 1.17. The van der Waals surface area contributed by atoms with Crippen LogP contribution >= 0.6 is 0 Å². The predicted octanol–water partition coefficient (Wildman–Crippen LogP) is 0.924. The van der Waals surface area contributed by atoms with E-state index in [-0.39, 0.29) is 17.9 Å². The number of carbonyl (C=O) groups excluding carboxylic acids is 2. The molecular weight excluding hydrogens is 216 g/mol. The van der Waals surface area contributed by atoms with E-state index in [2.05, 4.69) is 5.32 Å². The molecule has 1 unspecified atom stereocenters. The number of nitrogens with one attached hydrogen (secondary N) is 1. The van der Waals surface area contributed by atoms with Crippen molar-refractivity contribution >= 4 is 11.8 Å². The Morgan fingerprint density at radius 2 is 2.00 bits per heavy atom. The molecule has 0 saturated carbocycles. The fraction of sp³-hybridized carbons (Fsp3) is 0.385. The number of likely N-dealkylation sites (N-methyl/N-ethyl adjacent to an activating group) is 1. The highest BCUT2D eigenvalue weighted by Crippen LogP contribution is 2.13. The minimum absolute atomic E-state index is 0.167. The number of benzene rings is 1. The Bertz CT molecular complexity index is 417. The Morgan fingerprint density at radius 1 is 1.29 bits per heavy atom. The fourth-order valence-corrected chi connectivity index (χ4v) is 2.08. The molecule has 1 aromatic carbocycles. The van der Waals surface area contributed by atoms with Crippen molar-refractivity contribution < 1.29 is 9.59 Å². The van der Waals surface area contributed by atoms with Crippen LogP contribution in [0.1, 0.15) is 18.4 Å². The Labute approximate surface area is 101 Å². The molecule has 2 amide bonds. The van der Waals surface area contributed by atoms with Gasteiger partial charge in [0.25, 0.3) is 0 Å². The van der Waals surface area contributed by atoms with E-state index in [4.69, 9.17) is 0 Å². The van der Waals surface area contributed by atoms with E-state index in [1.165, 1.54) is 5.56 Å². The van der Waals surface area contributed by atoms with Gasteiger partial charge in [-0.3, -0.25) is 19.8 Å². The maximum absolute atomic E-state index is 11.7. The first kappa shape index (κ1) is 11.8. The van der Waals surface area contributed by atoms with Crippen molar-refractivity contribution in [3.05, 3.63) is 35.9 Å². The third kappa shape index (κ3) is 2.91. The first-order valence-corrected chi connectivity index (χ1v) is 5.74. The number of piperidine rings is 1. The molecule has 1 heterocycles. The minimum atomic E-state index is -0.201. The zero-order chi connectivity index (χ0) is 12.3. The highest BCUT2D eigenvalue weighted by molar-refractivity contribution is 6.00. The number of nitrogens with zero attached hydrogens (tertiary/aromatic N) is 1. The first-order valence-electron chi connectivity index (χ1n) is 5.74. The number of rotatable bonds is 3. The van der Waals surface area contributed by atoms with Crippen molar-refractivity contribution in [2.24, 2.45) is 0 Å². The van der Waals surface area contributed by atoms with Crippen LogP contribution in [0.2, 0.25) is 0 Å². The van der Waals surface area contributed by atoms with Gasteiger partial charge in [-0.15, -0.1) is 0 Å². The lowest BCUT2D eigenvalue weighted by atomic mass is 10.0. The molecule has 0 aromatic heterocycles. The lowest BCUT2D eigenvalue weighted by molar-refractivity contribution is -0.137. The second kappa shape index (κ2) is 5.10. The quantitative estimate of drug-likeness (QED) is 0.788. The molecule has 0 radical (unpaired) electrons. The van der Waals surface area contributed by atoms with Crippen LogP contribution in [-0.2, 0) is 16.1 Å². The molecule has 1 saturated heterocycles. The normalized spacial score (nSPS) is 20.5. The SMILES string of the molecule is CN(Cc1ccccc1)C1CCC(=O)NC1=O. The molecule has 4 nitrogen and oxygen atoms in total. The van der Waals surface area contributed by atoms with Crippen LogP contribution in [0.25, 0.3) is 0 Å². The largest absolute Gasteiger partial charge is 0.295 e. The molecule has 1 aromatic rings. The highest BCUT2D eigenvalue weighted by Gasteiger charge is 2.29. The summed E-state index contributed by atoms with van der Waals surface area (Å²) < 4.78 is 0. The molecule has 2 rings (SSSR count). The van der Waals surface area contributed by atoms with E-state index >= 15 is 0 Å². The molecule has 17 heavy (non-hydrogen) atoms. The summed E-state index contributed by atoms with van der Waals surface area (Å²) in [6, 6.07) is 9.79. The molecule has 1 aliphatic heterocycles. The van der Waals surface area contributed by atoms with Crippen molar-refractivity contribution in [1.82, 2.24) is 10.2 Å². The van der Waals surface area contributed by atoms with Crippen molar-refractivity contribution in [3.8, 4) is 0 Å². The van der Waals surface area contributed by atoms with Crippen LogP contribution in [0.3, 0.4) is 0 Å². The molecule has 90 valence electrons. The van der Waals surface area contributed by atoms with Crippen molar-refractivity contribution in [1.29, 1.82) is 0 Å². The van der Waals surface area contributed by atoms with Crippen LogP contribution in [0.15, 0.2) is 30.3 Å². The summed E-state index contributed by atoms with van der Waals surface area (Å²) in [4.78, 5) is 24.7. The first-order chi connectivity index (χ1) is 8.16. The van der Waals surface area contributed by atoms with Crippen LogP contribution in [0.5, 0.6) is 0 Å². The molecule has 1 N–H and O–H groups in total. The van der Waals surface area contributed by atoms with Crippen LogP contribution in [0.4, 0.5) is 0 Å². The summed E-state index contributed by atoms with van der Waals surface area (Å²) in [5.74, 6) is -0.348. The maximum Gasteiger partial charge on any atom is 0.243 e. The number of carbonyl (C=O) groups is 2. The van der Waals surface area contributed by atoms with Crippen LogP contribution in [0, 0.1) is 0 Å². The van der Waals surface area contributed by atoms with Gasteiger partial charge in [-0.25, -0.2) is 0 Å². The van der Waals surface area contributed by atoms with Gasteiger partial charge in [-0.1, -0.05) is 30.3 Å². The zero-order valence-electron chi connectivity index (χ0n) is 9.85. The number of hydrogen-bond acceptors (Lipinski definition) is 3. The Kier molecular flexibility index (Phi) is 3.54. The second-order valence-corrected chi connectivity index (χ2v) is 4.37. The monoisotopic (exact) mass is 232 g/mol. The van der Waals surface area contributed by atoms with Gasteiger partial charge in [0.2, 0.25) is 11.8 Å². The topological polar surface area (TPSA) is 49.4 Å². The number of imide groups is 1. The fourth-order valence-electron chi connectivity index (χ4n) is 2.08. The minimum Gasteiger partial charge on any atom is -0.295 e. The second-order valence-electron chi connectivity index (χ2n) is 4.37. The van der Waals surface area contributed by atoms with E-state index in [1.54, 1.807) is 0 Å². The van der Waals surface area contributed by atoms with Gasteiger partial charge in [0.15, 0.2) is 0 Å². The summed E-state index contributed by atoms with van der Waals surface area (Å²) in [5, 5.41) is 2.38. The lowest BCUT2D eigenvalue weighted by Crippen LogP contribution is -2.50. The van der Waals surface area contributed by atoms with Crippen molar-refractivity contribution in [3.63, 3.8) is 0 Å². The van der Waals surface area contributed by atoms with Gasteiger partial charge in [0.05, 0.1) is 6.04 Å². The molecule has 1 atom stereocenters. The highest BCUT2D eigenvalue weighted by atomic mass is 16.2. The third-order valence-electron chi connectivity index (χ3n) is 3.02. The number of amides is 2. The third-order valence-corrected chi connectivity index (χ3v) is 3.02. The van der Waals surface area contributed by atoms with Gasteiger partial charge in [-0.2, -0.15) is 0 Å². The average Bonchev–Trinajstić information content (AvgIpc) is 2.30. The molecule has 0 spiro atoms. The van der Waals surface area contributed by atoms with Crippen molar-refractivity contribution in [2.45, 2.75) is 25.4 Å². The van der Waals surface area contributed by atoms with Crippen LogP contribution < -0.4 is 5.32 Å². The van der Waals surface area contributed by atoms with Crippen molar-refractivity contribution in [2.75, 3.05) is 7.05 Å². The summed E-state index contributed by atoms with van der Waals surface area (Å²) >= 11 is 0. The summed E-state index contributed by atoms with van der Waals surface area (Å²) in [7, 11) is 1.91. The molecule has 0 aliphatic carbocycles. The Balaban J connectivity index is 1.98. The van der Waals surface area contributed by atoms with Gasteiger partial charge >= 0.3 is 0 Å². The molecule has 1 aliphatic rings. The Hall–Kier alpha value is -1.68. The van der Waals surface area contributed by atoms with Gasteiger partial charge in [0, 0.05) is 13.0 Å².